The highest BCUT2D eigenvalue weighted by Gasteiger charge is 1.95. The van der Waals surface area contributed by atoms with Gasteiger partial charge in [-0.2, -0.15) is 0 Å². The second-order valence-electron chi connectivity index (χ2n) is 1.47. The molecule has 0 aliphatic rings. The Balaban J connectivity index is 3.17. The van der Waals surface area contributed by atoms with E-state index >= 15 is 0 Å². The Labute approximate surface area is 58.7 Å². The Hall–Kier alpha value is -0.765. The van der Waals surface area contributed by atoms with Gasteiger partial charge in [0.15, 0.2) is 11.0 Å². The Bertz CT molecular complexity index is 227. The fraction of sp³-hybridized carbons (Fsp3) is 0. The van der Waals surface area contributed by atoms with E-state index in [1.54, 1.807) is 0 Å². The number of aromatic nitrogens is 2. The highest BCUT2D eigenvalue weighted by Crippen LogP contribution is 2.07. The average Bonchev–Trinajstić information content (AvgIpc) is 1.80. The SMILES string of the molecule is [B]c1cnc(N)c(Cl)n1. The van der Waals surface area contributed by atoms with Crippen molar-refractivity contribution in [2.75, 3.05) is 5.73 Å². The zero-order chi connectivity index (χ0) is 6.85. The molecule has 0 unspecified atom stereocenters. The van der Waals surface area contributed by atoms with Gasteiger partial charge in [-0.25, -0.2) is 9.97 Å². The number of rotatable bonds is 0. The van der Waals surface area contributed by atoms with Gasteiger partial charge in [0.05, 0.1) is 0 Å². The predicted molar refractivity (Wildman–Crippen MR) is 36.8 cm³/mol. The minimum absolute atomic E-state index is 0.148. The van der Waals surface area contributed by atoms with E-state index in [-0.39, 0.29) is 16.6 Å². The standard InChI is InChI=1S/C4H3BClN3/c5-2-1-8-4(7)3(6)9-2/h1H,(H2,7,8). The lowest BCUT2D eigenvalue weighted by atomic mass is 10.1. The molecule has 0 saturated heterocycles. The van der Waals surface area contributed by atoms with Crippen molar-refractivity contribution in [3.05, 3.63) is 11.3 Å². The van der Waals surface area contributed by atoms with Gasteiger partial charge >= 0.3 is 0 Å². The lowest BCUT2D eigenvalue weighted by Gasteiger charge is -1.94. The molecule has 0 aliphatic heterocycles. The molecule has 1 aromatic rings. The Morgan fingerprint density at radius 3 is 2.78 bits per heavy atom. The summed E-state index contributed by atoms with van der Waals surface area (Å²) >= 11 is 5.44. The maximum atomic E-state index is 5.44. The van der Waals surface area contributed by atoms with Gasteiger partial charge in [0.2, 0.25) is 0 Å². The van der Waals surface area contributed by atoms with Crippen molar-refractivity contribution in [3.63, 3.8) is 0 Å². The second-order valence-corrected chi connectivity index (χ2v) is 1.83. The van der Waals surface area contributed by atoms with E-state index in [1.165, 1.54) is 6.20 Å². The number of nitrogen functional groups attached to an aromatic ring is 1. The smallest absolute Gasteiger partial charge is 0.170 e. The van der Waals surface area contributed by atoms with E-state index in [4.69, 9.17) is 25.2 Å². The molecule has 0 atom stereocenters. The van der Waals surface area contributed by atoms with Crippen LogP contribution in [0.5, 0.6) is 0 Å². The normalized spacial score (nSPS) is 9.44. The molecule has 44 valence electrons. The van der Waals surface area contributed by atoms with Gasteiger partial charge in [0, 0.05) is 11.8 Å². The fourth-order valence-electron chi connectivity index (χ4n) is 0.388. The molecule has 5 heteroatoms. The first-order chi connectivity index (χ1) is 4.20. The molecule has 0 aromatic carbocycles. The number of hydrogen-bond donors (Lipinski definition) is 1. The van der Waals surface area contributed by atoms with Crippen molar-refractivity contribution in [1.29, 1.82) is 0 Å². The molecular formula is C4H3BClN3. The molecule has 0 saturated carbocycles. The summed E-state index contributed by atoms with van der Waals surface area (Å²) in [6.07, 6.45) is 1.35. The van der Waals surface area contributed by atoms with Crippen LogP contribution in [-0.4, -0.2) is 17.8 Å². The van der Waals surface area contributed by atoms with E-state index in [2.05, 4.69) is 9.97 Å². The minimum Gasteiger partial charge on any atom is -0.381 e. The van der Waals surface area contributed by atoms with Gasteiger partial charge in [-0.1, -0.05) is 11.6 Å². The highest BCUT2D eigenvalue weighted by atomic mass is 35.5. The summed E-state index contributed by atoms with van der Waals surface area (Å²) in [6, 6.07) is 0. The topological polar surface area (TPSA) is 51.8 Å². The Morgan fingerprint density at radius 1 is 1.67 bits per heavy atom. The fourth-order valence-corrected chi connectivity index (χ4v) is 0.535. The molecule has 9 heavy (non-hydrogen) atoms. The van der Waals surface area contributed by atoms with Crippen LogP contribution in [-0.2, 0) is 0 Å². The van der Waals surface area contributed by atoms with Crippen molar-refractivity contribution in [2.24, 2.45) is 0 Å². The molecule has 2 radical (unpaired) electrons. The second kappa shape index (κ2) is 2.23. The van der Waals surface area contributed by atoms with Gasteiger partial charge in [0.1, 0.15) is 7.85 Å². The lowest BCUT2D eigenvalue weighted by Crippen LogP contribution is -2.10. The summed E-state index contributed by atoms with van der Waals surface area (Å²) in [5, 5.41) is 0.148. The first kappa shape index (κ1) is 6.36. The molecule has 0 amide bonds. The van der Waals surface area contributed by atoms with Crippen molar-refractivity contribution >= 4 is 30.9 Å². The summed E-state index contributed by atoms with van der Waals surface area (Å²) in [5.41, 5.74) is 5.50. The molecule has 0 bridgehead atoms. The maximum absolute atomic E-state index is 5.44. The summed E-state index contributed by atoms with van der Waals surface area (Å²) in [4.78, 5) is 7.27. The van der Waals surface area contributed by atoms with E-state index in [0.29, 0.717) is 0 Å². The molecule has 3 nitrogen and oxygen atoms in total. The number of anilines is 1. The van der Waals surface area contributed by atoms with Gasteiger partial charge in [-0.15, -0.1) is 0 Å². The van der Waals surface area contributed by atoms with Crippen LogP contribution in [0.15, 0.2) is 6.20 Å². The monoisotopic (exact) mass is 139 g/mol. The van der Waals surface area contributed by atoms with E-state index < -0.39 is 0 Å². The van der Waals surface area contributed by atoms with Gasteiger partial charge in [0.25, 0.3) is 0 Å². The van der Waals surface area contributed by atoms with Crippen molar-refractivity contribution in [3.8, 4) is 0 Å². The summed E-state index contributed by atoms with van der Waals surface area (Å²) in [7, 11) is 5.21. The average molecular weight is 139 g/mol. The largest absolute Gasteiger partial charge is 0.381 e. The van der Waals surface area contributed by atoms with Gasteiger partial charge in [-0.05, 0) is 0 Å². The van der Waals surface area contributed by atoms with Crippen molar-refractivity contribution < 1.29 is 0 Å². The molecule has 0 spiro atoms. The summed E-state index contributed by atoms with van der Waals surface area (Å²) in [5.74, 6) is 0.200. The zero-order valence-corrected chi connectivity index (χ0v) is 5.26. The van der Waals surface area contributed by atoms with Crippen molar-refractivity contribution in [2.45, 2.75) is 0 Å². The number of hydrogen-bond acceptors (Lipinski definition) is 3. The minimum atomic E-state index is 0.148. The Morgan fingerprint density at radius 2 is 2.33 bits per heavy atom. The third kappa shape index (κ3) is 1.32. The van der Waals surface area contributed by atoms with Gasteiger partial charge in [-0.3, -0.25) is 0 Å². The van der Waals surface area contributed by atoms with E-state index in [1.807, 2.05) is 0 Å². The first-order valence-electron chi connectivity index (χ1n) is 2.23. The van der Waals surface area contributed by atoms with Gasteiger partial charge < -0.3 is 5.73 Å². The van der Waals surface area contributed by atoms with Crippen LogP contribution in [0, 0.1) is 0 Å². The number of halogens is 1. The third-order valence-corrected chi connectivity index (χ3v) is 1.05. The first-order valence-corrected chi connectivity index (χ1v) is 2.61. The maximum Gasteiger partial charge on any atom is 0.170 e. The molecular weight excluding hydrogens is 136 g/mol. The number of nitrogens with two attached hydrogens (primary N) is 1. The summed E-state index contributed by atoms with van der Waals surface area (Å²) < 4.78 is 0. The molecule has 1 heterocycles. The van der Waals surface area contributed by atoms with Crippen LogP contribution >= 0.6 is 11.6 Å². The molecule has 0 aliphatic carbocycles. The highest BCUT2D eigenvalue weighted by molar-refractivity contribution is 6.34. The molecule has 2 N–H and O–H groups in total. The number of nitrogens with zero attached hydrogens (tertiary/aromatic N) is 2. The van der Waals surface area contributed by atoms with E-state index in [0.717, 1.165) is 0 Å². The molecule has 0 fully saturated rings. The van der Waals surface area contributed by atoms with E-state index in [9.17, 15) is 0 Å². The molecule has 1 rings (SSSR count). The third-order valence-electron chi connectivity index (χ3n) is 0.775. The Kier molecular flexibility index (Phi) is 1.57. The van der Waals surface area contributed by atoms with Crippen LogP contribution in [0.2, 0.25) is 5.15 Å². The quantitative estimate of drug-likeness (QED) is 0.493. The van der Waals surface area contributed by atoms with Crippen LogP contribution in [0.3, 0.4) is 0 Å². The predicted octanol–water partition coefficient (Wildman–Crippen LogP) is -0.494. The van der Waals surface area contributed by atoms with Crippen molar-refractivity contribution in [1.82, 2.24) is 9.97 Å². The van der Waals surface area contributed by atoms with Crippen LogP contribution in [0.25, 0.3) is 0 Å². The molecule has 1 aromatic heterocycles. The summed E-state index contributed by atoms with van der Waals surface area (Å²) in [6.45, 7) is 0. The van der Waals surface area contributed by atoms with Crippen LogP contribution in [0.4, 0.5) is 5.82 Å². The lowest BCUT2D eigenvalue weighted by molar-refractivity contribution is 1.25. The van der Waals surface area contributed by atoms with Crippen LogP contribution in [0.1, 0.15) is 0 Å². The van der Waals surface area contributed by atoms with Crippen LogP contribution < -0.4 is 11.3 Å². The zero-order valence-electron chi connectivity index (χ0n) is 4.50.